The molecule has 0 bridgehead atoms. The third kappa shape index (κ3) is 6.10. The standard InChI is InChI=1S/C23H28N4O2/c1-16(2)29-21-11-6-5-10-20(21)27-23-15-22(25-17(3)26-23)24-13-12-18-8-7-9-19(14-18)28-4/h5-11,14-16H,12-13H2,1-4H3,(H2,24,25,26,27). The molecule has 0 amide bonds. The summed E-state index contributed by atoms with van der Waals surface area (Å²) in [6, 6.07) is 17.8. The van der Waals surface area contributed by atoms with Crippen LogP contribution in [0.2, 0.25) is 0 Å². The largest absolute Gasteiger partial charge is 0.497 e. The number of nitrogens with zero attached hydrogens (tertiary/aromatic N) is 2. The van der Waals surface area contributed by atoms with Crippen LogP contribution in [-0.4, -0.2) is 29.7 Å². The van der Waals surface area contributed by atoms with Crippen LogP contribution in [0.3, 0.4) is 0 Å². The Morgan fingerprint density at radius 2 is 1.76 bits per heavy atom. The van der Waals surface area contributed by atoms with Gasteiger partial charge in [-0.1, -0.05) is 24.3 Å². The first kappa shape index (κ1) is 20.5. The number of rotatable bonds is 9. The molecule has 0 aliphatic heterocycles. The number of benzene rings is 2. The third-order valence-corrected chi connectivity index (χ3v) is 4.20. The Hall–Kier alpha value is -3.28. The molecule has 0 saturated carbocycles. The Morgan fingerprint density at radius 3 is 2.55 bits per heavy atom. The highest BCUT2D eigenvalue weighted by atomic mass is 16.5. The van der Waals surface area contributed by atoms with Crippen molar-refractivity contribution in [3.8, 4) is 11.5 Å². The van der Waals surface area contributed by atoms with Crippen molar-refractivity contribution in [2.75, 3.05) is 24.3 Å². The van der Waals surface area contributed by atoms with Crippen LogP contribution < -0.4 is 20.1 Å². The van der Waals surface area contributed by atoms with Crippen molar-refractivity contribution >= 4 is 17.3 Å². The zero-order chi connectivity index (χ0) is 20.6. The monoisotopic (exact) mass is 392 g/mol. The van der Waals surface area contributed by atoms with E-state index in [0.717, 1.165) is 41.8 Å². The van der Waals surface area contributed by atoms with Gasteiger partial charge in [-0.15, -0.1) is 0 Å². The lowest BCUT2D eigenvalue weighted by Gasteiger charge is -2.16. The van der Waals surface area contributed by atoms with Gasteiger partial charge in [-0.25, -0.2) is 9.97 Å². The van der Waals surface area contributed by atoms with Gasteiger partial charge in [0.2, 0.25) is 0 Å². The number of hydrogen-bond acceptors (Lipinski definition) is 6. The second-order valence-electron chi connectivity index (χ2n) is 7.00. The summed E-state index contributed by atoms with van der Waals surface area (Å²) < 4.78 is 11.2. The van der Waals surface area contributed by atoms with Crippen LogP contribution in [0.5, 0.6) is 11.5 Å². The van der Waals surface area contributed by atoms with Gasteiger partial charge in [0.05, 0.1) is 18.9 Å². The first-order valence-electron chi connectivity index (χ1n) is 9.78. The van der Waals surface area contributed by atoms with E-state index in [1.54, 1.807) is 7.11 Å². The summed E-state index contributed by atoms with van der Waals surface area (Å²) in [5.41, 5.74) is 2.09. The summed E-state index contributed by atoms with van der Waals surface area (Å²) in [6.45, 7) is 6.66. The van der Waals surface area contributed by atoms with Crippen molar-refractivity contribution in [3.05, 3.63) is 66.0 Å². The van der Waals surface area contributed by atoms with E-state index < -0.39 is 0 Å². The van der Waals surface area contributed by atoms with Gasteiger partial charge < -0.3 is 20.1 Å². The van der Waals surface area contributed by atoms with Crippen LogP contribution in [0, 0.1) is 6.92 Å². The fourth-order valence-electron chi connectivity index (χ4n) is 2.95. The highest BCUT2D eigenvalue weighted by Gasteiger charge is 2.08. The number of nitrogens with one attached hydrogen (secondary N) is 2. The Labute approximate surface area is 172 Å². The molecule has 29 heavy (non-hydrogen) atoms. The number of hydrogen-bond donors (Lipinski definition) is 2. The molecule has 0 unspecified atom stereocenters. The van der Waals surface area contributed by atoms with E-state index in [9.17, 15) is 0 Å². The predicted octanol–water partition coefficient (Wildman–Crippen LogP) is 4.98. The van der Waals surface area contributed by atoms with E-state index in [4.69, 9.17) is 9.47 Å². The molecule has 3 rings (SSSR count). The topological polar surface area (TPSA) is 68.3 Å². The van der Waals surface area contributed by atoms with Crippen molar-refractivity contribution < 1.29 is 9.47 Å². The molecular weight excluding hydrogens is 364 g/mol. The Kier molecular flexibility index (Phi) is 6.89. The average Bonchev–Trinajstić information content (AvgIpc) is 2.69. The first-order chi connectivity index (χ1) is 14.0. The normalized spacial score (nSPS) is 10.7. The molecule has 0 saturated heterocycles. The Bertz CT molecular complexity index is 944. The van der Waals surface area contributed by atoms with Crippen LogP contribution in [-0.2, 0) is 6.42 Å². The van der Waals surface area contributed by atoms with E-state index in [-0.39, 0.29) is 6.10 Å². The lowest BCUT2D eigenvalue weighted by atomic mass is 10.1. The molecule has 3 aromatic rings. The zero-order valence-corrected chi connectivity index (χ0v) is 17.4. The highest BCUT2D eigenvalue weighted by molar-refractivity contribution is 5.65. The van der Waals surface area contributed by atoms with Crippen LogP contribution in [0.25, 0.3) is 0 Å². The number of methoxy groups -OCH3 is 1. The predicted molar refractivity (Wildman–Crippen MR) is 117 cm³/mol. The van der Waals surface area contributed by atoms with Crippen molar-refractivity contribution in [2.24, 2.45) is 0 Å². The second-order valence-corrected chi connectivity index (χ2v) is 7.00. The lowest BCUT2D eigenvalue weighted by Crippen LogP contribution is -2.09. The summed E-state index contributed by atoms with van der Waals surface area (Å²) in [7, 11) is 1.68. The van der Waals surface area contributed by atoms with E-state index >= 15 is 0 Å². The molecular formula is C23H28N4O2. The molecule has 2 N–H and O–H groups in total. The summed E-state index contributed by atoms with van der Waals surface area (Å²) in [5, 5.41) is 6.73. The van der Waals surface area contributed by atoms with E-state index in [0.29, 0.717) is 5.82 Å². The molecule has 0 radical (unpaired) electrons. The maximum atomic E-state index is 5.88. The fraction of sp³-hybridized carbons (Fsp3) is 0.304. The van der Waals surface area contributed by atoms with E-state index in [1.807, 2.05) is 69.3 Å². The summed E-state index contributed by atoms with van der Waals surface area (Å²) >= 11 is 0. The SMILES string of the molecule is COc1cccc(CCNc2cc(Nc3ccccc3OC(C)C)nc(C)n2)c1. The number of aromatic nitrogens is 2. The van der Waals surface area contributed by atoms with Crippen molar-refractivity contribution in [1.82, 2.24) is 9.97 Å². The number of anilines is 3. The van der Waals surface area contributed by atoms with E-state index in [2.05, 4.69) is 26.7 Å². The minimum atomic E-state index is 0.0962. The van der Waals surface area contributed by atoms with Crippen LogP contribution in [0.1, 0.15) is 25.2 Å². The van der Waals surface area contributed by atoms with Crippen molar-refractivity contribution in [3.63, 3.8) is 0 Å². The maximum absolute atomic E-state index is 5.88. The molecule has 1 heterocycles. The molecule has 6 nitrogen and oxygen atoms in total. The van der Waals surface area contributed by atoms with Gasteiger partial charge in [-0.05, 0) is 57.0 Å². The van der Waals surface area contributed by atoms with Gasteiger partial charge in [-0.3, -0.25) is 0 Å². The van der Waals surface area contributed by atoms with Crippen LogP contribution in [0.4, 0.5) is 17.3 Å². The van der Waals surface area contributed by atoms with Crippen molar-refractivity contribution in [1.29, 1.82) is 0 Å². The zero-order valence-electron chi connectivity index (χ0n) is 17.4. The highest BCUT2D eigenvalue weighted by Crippen LogP contribution is 2.28. The molecule has 1 aromatic heterocycles. The molecule has 152 valence electrons. The van der Waals surface area contributed by atoms with Gasteiger partial charge in [0.1, 0.15) is 29.0 Å². The number of aryl methyl sites for hydroxylation is 1. The van der Waals surface area contributed by atoms with Gasteiger partial charge >= 0.3 is 0 Å². The van der Waals surface area contributed by atoms with Gasteiger partial charge in [-0.2, -0.15) is 0 Å². The molecule has 0 aliphatic carbocycles. The molecule has 6 heteroatoms. The Balaban J connectivity index is 1.67. The molecule has 0 aliphatic rings. The summed E-state index contributed by atoms with van der Waals surface area (Å²) in [6.07, 6.45) is 0.965. The smallest absolute Gasteiger partial charge is 0.143 e. The first-order valence-corrected chi connectivity index (χ1v) is 9.78. The maximum Gasteiger partial charge on any atom is 0.143 e. The minimum Gasteiger partial charge on any atom is -0.497 e. The molecule has 0 spiro atoms. The van der Waals surface area contributed by atoms with Crippen molar-refractivity contribution in [2.45, 2.75) is 33.3 Å². The Morgan fingerprint density at radius 1 is 0.966 bits per heavy atom. The number of ether oxygens (including phenoxy) is 2. The van der Waals surface area contributed by atoms with Gasteiger partial charge in [0.15, 0.2) is 0 Å². The number of para-hydroxylation sites is 2. The third-order valence-electron chi connectivity index (χ3n) is 4.20. The minimum absolute atomic E-state index is 0.0962. The summed E-state index contributed by atoms with van der Waals surface area (Å²) in [5.74, 6) is 3.87. The van der Waals surface area contributed by atoms with Crippen LogP contribution in [0.15, 0.2) is 54.6 Å². The second kappa shape index (κ2) is 9.78. The average molecular weight is 393 g/mol. The lowest BCUT2D eigenvalue weighted by molar-refractivity contribution is 0.244. The molecule has 0 atom stereocenters. The summed E-state index contributed by atoms with van der Waals surface area (Å²) in [4.78, 5) is 9.00. The molecule has 0 fully saturated rings. The fourth-order valence-corrected chi connectivity index (χ4v) is 2.95. The van der Waals surface area contributed by atoms with Gasteiger partial charge in [0, 0.05) is 12.6 Å². The van der Waals surface area contributed by atoms with E-state index in [1.165, 1.54) is 5.56 Å². The van der Waals surface area contributed by atoms with Crippen LogP contribution >= 0.6 is 0 Å². The van der Waals surface area contributed by atoms with Gasteiger partial charge in [0.25, 0.3) is 0 Å². The molecule has 2 aromatic carbocycles. The quantitative estimate of drug-likeness (QED) is 0.535.